The van der Waals surface area contributed by atoms with Crippen molar-refractivity contribution in [2.75, 3.05) is 7.11 Å². The summed E-state index contributed by atoms with van der Waals surface area (Å²) in [7, 11) is 1.66. The van der Waals surface area contributed by atoms with E-state index < -0.39 is 0 Å². The van der Waals surface area contributed by atoms with Gasteiger partial charge in [-0.1, -0.05) is 0 Å². The van der Waals surface area contributed by atoms with Crippen molar-refractivity contribution in [1.82, 2.24) is 5.43 Å². The standard InChI is InChI=1S/C10H17N3O/c1-6-4-8(10(11)13-12)5-7(2)9(6)14-3/h4-5,10,13H,11-12H2,1-3H3. The maximum absolute atomic E-state index is 5.75. The molecule has 0 bridgehead atoms. The smallest absolute Gasteiger partial charge is 0.124 e. The Labute approximate surface area is 84.2 Å². The molecule has 0 amide bonds. The lowest BCUT2D eigenvalue weighted by molar-refractivity contribution is 0.408. The lowest BCUT2D eigenvalue weighted by Crippen LogP contribution is -2.34. The second-order valence-corrected chi connectivity index (χ2v) is 3.33. The van der Waals surface area contributed by atoms with Crippen LogP contribution >= 0.6 is 0 Å². The van der Waals surface area contributed by atoms with Crippen LogP contribution in [0.1, 0.15) is 22.9 Å². The molecule has 1 aromatic carbocycles. The number of hydrazine groups is 1. The molecule has 5 N–H and O–H groups in total. The van der Waals surface area contributed by atoms with E-state index in [-0.39, 0.29) is 6.17 Å². The number of aryl methyl sites for hydroxylation is 2. The Balaban J connectivity index is 3.13. The summed E-state index contributed by atoms with van der Waals surface area (Å²) in [4.78, 5) is 0. The molecule has 1 rings (SSSR count). The Morgan fingerprint density at radius 1 is 1.29 bits per heavy atom. The Morgan fingerprint density at radius 3 is 2.14 bits per heavy atom. The van der Waals surface area contributed by atoms with Crippen molar-refractivity contribution in [3.8, 4) is 5.75 Å². The van der Waals surface area contributed by atoms with Gasteiger partial charge in [0, 0.05) is 0 Å². The van der Waals surface area contributed by atoms with Gasteiger partial charge in [0.1, 0.15) is 5.75 Å². The summed E-state index contributed by atoms with van der Waals surface area (Å²) in [5.74, 6) is 6.17. The maximum atomic E-state index is 5.75. The number of hydrogen-bond donors (Lipinski definition) is 3. The highest BCUT2D eigenvalue weighted by atomic mass is 16.5. The first kappa shape index (κ1) is 11.0. The highest BCUT2D eigenvalue weighted by Crippen LogP contribution is 2.25. The number of nitrogens with one attached hydrogen (secondary N) is 1. The van der Waals surface area contributed by atoms with Gasteiger partial charge < -0.3 is 10.5 Å². The van der Waals surface area contributed by atoms with Crippen molar-refractivity contribution < 1.29 is 4.74 Å². The van der Waals surface area contributed by atoms with E-state index in [4.69, 9.17) is 16.3 Å². The molecule has 4 heteroatoms. The van der Waals surface area contributed by atoms with Crippen molar-refractivity contribution in [2.24, 2.45) is 11.6 Å². The fourth-order valence-electron chi connectivity index (χ4n) is 1.58. The van der Waals surface area contributed by atoms with Crippen molar-refractivity contribution in [2.45, 2.75) is 20.0 Å². The molecule has 0 aromatic heterocycles. The molecule has 14 heavy (non-hydrogen) atoms. The molecule has 0 aliphatic carbocycles. The molecular formula is C10H17N3O. The maximum Gasteiger partial charge on any atom is 0.124 e. The van der Waals surface area contributed by atoms with E-state index in [9.17, 15) is 0 Å². The third-order valence-electron chi connectivity index (χ3n) is 2.23. The van der Waals surface area contributed by atoms with Crippen LogP contribution in [-0.4, -0.2) is 7.11 Å². The van der Waals surface area contributed by atoms with Crippen LogP contribution in [0.3, 0.4) is 0 Å². The van der Waals surface area contributed by atoms with Crippen molar-refractivity contribution in [1.29, 1.82) is 0 Å². The van der Waals surface area contributed by atoms with Gasteiger partial charge in [0.2, 0.25) is 0 Å². The predicted molar refractivity (Wildman–Crippen MR) is 56.7 cm³/mol. The molecule has 0 heterocycles. The predicted octanol–water partition coefficient (Wildman–Crippen LogP) is 0.733. The van der Waals surface area contributed by atoms with Gasteiger partial charge >= 0.3 is 0 Å². The van der Waals surface area contributed by atoms with E-state index in [0.717, 1.165) is 22.4 Å². The normalized spacial score (nSPS) is 12.6. The number of benzene rings is 1. The van der Waals surface area contributed by atoms with Crippen LogP contribution in [0.15, 0.2) is 12.1 Å². The molecule has 0 aliphatic heterocycles. The summed E-state index contributed by atoms with van der Waals surface area (Å²) in [5, 5.41) is 0. The second kappa shape index (κ2) is 4.41. The quantitative estimate of drug-likeness (QED) is 0.378. The van der Waals surface area contributed by atoms with E-state index in [0.29, 0.717) is 0 Å². The van der Waals surface area contributed by atoms with Gasteiger partial charge in [0.05, 0.1) is 13.3 Å². The lowest BCUT2D eigenvalue weighted by Gasteiger charge is -2.15. The van der Waals surface area contributed by atoms with Gasteiger partial charge in [-0.2, -0.15) is 0 Å². The molecule has 1 atom stereocenters. The number of hydrogen-bond acceptors (Lipinski definition) is 4. The zero-order valence-corrected chi connectivity index (χ0v) is 8.79. The van der Waals surface area contributed by atoms with Crippen LogP contribution in [0.5, 0.6) is 5.75 Å². The number of nitrogens with two attached hydrogens (primary N) is 2. The first-order chi connectivity index (χ1) is 6.60. The minimum Gasteiger partial charge on any atom is -0.496 e. The SMILES string of the molecule is COc1c(C)cc(C(N)NN)cc1C. The number of rotatable bonds is 3. The molecule has 78 valence electrons. The van der Waals surface area contributed by atoms with Crippen LogP contribution in [0.25, 0.3) is 0 Å². The average Bonchev–Trinajstić information content (AvgIpc) is 2.16. The average molecular weight is 195 g/mol. The Kier molecular flexibility index (Phi) is 3.46. The molecule has 4 nitrogen and oxygen atoms in total. The van der Waals surface area contributed by atoms with E-state index >= 15 is 0 Å². The van der Waals surface area contributed by atoms with Gasteiger partial charge in [-0.25, -0.2) is 5.43 Å². The Bertz CT molecular complexity index is 302. The van der Waals surface area contributed by atoms with Gasteiger partial charge in [0.25, 0.3) is 0 Å². The van der Waals surface area contributed by atoms with Crippen LogP contribution in [-0.2, 0) is 0 Å². The van der Waals surface area contributed by atoms with Gasteiger partial charge in [-0.15, -0.1) is 0 Å². The largest absolute Gasteiger partial charge is 0.496 e. The third-order valence-corrected chi connectivity index (χ3v) is 2.23. The van der Waals surface area contributed by atoms with Crippen LogP contribution in [0.4, 0.5) is 0 Å². The first-order valence-electron chi connectivity index (χ1n) is 4.47. The van der Waals surface area contributed by atoms with Crippen molar-refractivity contribution >= 4 is 0 Å². The van der Waals surface area contributed by atoms with Crippen molar-refractivity contribution in [3.63, 3.8) is 0 Å². The highest BCUT2D eigenvalue weighted by molar-refractivity contribution is 5.43. The zero-order chi connectivity index (χ0) is 10.7. The Morgan fingerprint density at radius 2 is 1.79 bits per heavy atom. The second-order valence-electron chi connectivity index (χ2n) is 3.33. The first-order valence-corrected chi connectivity index (χ1v) is 4.47. The molecule has 0 aliphatic rings. The molecule has 0 spiro atoms. The van der Waals surface area contributed by atoms with Gasteiger partial charge in [0.15, 0.2) is 0 Å². The summed E-state index contributed by atoms with van der Waals surface area (Å²) >= 11 is 0. The monoisotopic (exact) mass is 195 g/mol. The van der Waals surface area contributed by atoms with Gasteiger partial charge in [-0.3, -0.25) is 5.84 Å². The fraction of sp³-hybridized carbons (Fsp3) is 0.400. The third kappa shape index (κ3) is 2.04. The zero-order valence-electron chi connectivity index (χ0n) is 8.79. The number of ether oxygens (including phenoxy) is 1. The van der Waals surface area contributed by atoms with Gasteiger partial charge in [-0.05, 0) is 42.7 Å². The molecule has 0 saturated heterocycles. The molecule has 0 saturated carbocycles. The topological polar surface area (TPSA) is 73.3 Å². The summed E-state index contributed by atoms with van der Waals surface area (Å²) < 4.78 is 5.25. The van der Waals surface area contributed by atoms with E-state index in [2.05, 4.69) is 5.43 Å². The van der Waals surface area contributed by atoms with Crippen LogP contribution in [0, 0.1) is 13.8 Å². The highest BCUT2D eigenvalue weighted by Gasteiger charge is 2.09. The minimum absolute atomic E-state index is 0.335. The molecule has 0 radical (unpaired) electrons. The van der Waals surface area contributed by atoms with Crippen LogP contribution in [0.2, 0.25) is 0 Å². The Hall–Kier alpha value is -1.10. The number of methoxy groups -OCH3 is 1. The van der Waals surface area contributed by atoms with Crippen LogP contribution < -0.4 is 21.7 Å². The van der Waals surface area contributed by atoms with E-state index in [1.807, 2.05) is 26.0 Å². The molecular weight excluding hydrogens is 178 g/mol. The minimum atomic E-state index is -0.335. The molecule has 1 unspecified atom stereocenters. The van der Waals surface area contributed by atoms with E-state index in [1.165, 1.54) is 0 Å². The summed E-state index contributed by atoms with van der Waals surface area (Å²) in [6, 6.07) is 3.94. The summed E-state index contributed by atoms with van der Waals surface area (Å²) in [5.41, 5.74) is 11.3. The van der Waals surface area contributed by atoms with Crippen molar-refractivity contribution in [3.05, 3.63) is 28.8 Å². The molecule has 1 aromatic rings. The van der Waals surface area contributed by atoms with E-state index in [1.54, 1.807) is 7.11 Å². The fourth-order valence-corrected chi connectivity index (χ4v) is 1.58. The summed E-state index contributed by atoms with van der Waals surface area (Å²) in [6.07, 6.45) is -0.335. The molecule has 0 fully saturated rings. The lowest BCUT2D eigenvalue weighted by atomic mass is 10.0. The summed E-state index contributed by atoms with van der Waals surface area (Å²) in [6.45, 7) is 3.97.